The highest BCUT2D eigenvalue weighted by Crippen LogP contribution is 2.27. The van der Waals surface area contributed by atoms with Crippen LogP contribution in [0.15, 0.2) is 41.4 Å². The first-order chi connectivity index (χ1) is 10.6. The summed E-state index contributed by atoms with van der Waals surface area (Å²) < 4.78 is 10.7. The van der Waals surface area contributed by atoms with Crippen molar-refractivity contribution in [1.82, 2.24) is 0 Å². The smallest absolute Gasteiger partial charge is 0.162 e. The highest BCUT2D eigenvalue weighted by atomic mass is 16.5. The fourth-order valence-corrected chi connectivity index (χ4v) is 1.96. The lowest BCUT2D eigenvalue weighted by molar-refractivity contribution is 0.331. The van der Waals surface area contributed by atoms with Crippen molar-refractivity contribution in [3.05, 3.63) is 53.1 Å². The van der Waals surface area contributed by atoms with Gasteiger partial charge in [-0.15, -0.1) is 6.42 Å². The molecule has 0 unspecified atom stereocenters. The van der Waals surface area contributed by atoms with Gasteiger partial charge in [-0.05, 0) is 60.9 Å². The zero-order chi connectivity index (χ0) is 15.9. The monoisotopic (exact) mass is 293 g/mol. The first-order valence-corrected chi connectivity index (χ1v) is 6.99. The highest BCUT2D eigenvalue weighted by Gasteiger charge is 2.04. The fraction of sp³-hybridized carbons (Fsp3) is 0.211. The van der Waals surface area contributed by atoms with Gasteiger partial charge in [0.1, 0.15) is 6.61 Å². The second-order valence-corrected chi connectivity index (χ2v) is 4.93. The first-order valence-electron chi connectivity index (χ1n) is 6.99. The van der Waals surface area contributed by atoms with Gasteiger partial charge in [-0.1, -0.05) is 12.0 Å². The van der Waals surface area contributed by atoms with Crippen molar-refractivity contribution in [2.24, 2.45) is 4.99 Å². The first kappa shape index (κ1) is 15.7. The molecule has 0 fully saturated rings. The summed E-state index contributed by atoms with van der Waals surface area (Å²) in [5.41, 5.74) is 4.35. The van der Waals surface area contributed by atoms with Crippen LogP contribution < -0.4 is 9.47 Å². The number of nitrogens with zero attached hydrogens (tertiary/aromatic N) is 1. The van der Waals surface area contributed by atoms with E-state index in [-0.39, 0.29) is 6.61 Å². The van der Waals surface area contributed by atoms with Crippen molar-refractivity contribution in [2.75, 3.05) is 13.7 Å². The Morgan fingerprint density at radius 2 is 1.91 bits per heavy atom. The Kier molecular flexibility index (Phi) is 5.21. The molecule has 0 saturated carbocycles. The van der Waals surface area contributed by atoms with Crippen LogP contribution in [0.4, 0.5) is 5.69 Å². The summed E-state index contributed by atoms with van der Waals surface area (Å²) in [4.78, 5) is 4.49. The Morgan fingerprint density at radius 3 is 2.59 bits per heavy atom. The molecule has 2 aromatic carbocycles. The number of methoxy groups -OCH3 is 1. The summed E-state index contributed by atoms with van der Waals surface area (Å²) in [5.74, 6) is 3.70. The van der Waals surface area contributed by atoms with Gasteiger partial charge < -0.3 is 9.47 Å². The molecule has 0 atom stereocenters. The number of hydrogen-bond acceptors (Lipinski definition) is 3. The van der Waals surface area contributed by atoms with E-state index in [4.69, 9.17) is 15.9 Å². The van der Waals surface area contributed by atoms with E-state index in [1.54, 1.807) is 13.3 Å². The Balaban J connectivity index is 2.20. The number of terminal acetylenes is 1. The van der Waals surface area contributed by atoms with Gasteiger partial charge in [-0.25, -0.2) is 0 Å². The molecular weight excluding hydrogens is 274 g/mol. The molecule has 0 aliphatic carbocycles. The van der Waals surface area contributed by atoms with Gasteiger partial charge in [0.15, 0.2) is 11.5 Å². The molecule has 0 aliphatic rings. The van der Waals surface area contributed by atoms with E-state index in [9.17, 15) is 0 Å². The maximum Gasteiger partial charge on any atom is 0.162 e. The van der Waals surface area contributed by atoms with Crippen LogP contribution in [-0.4, -0.2) is 19.9 Å². The molecule has 2 rings (SSSR count). The molecule has 3 heteroatoms. The average molecular weight is 293 g/mol. The molecular formula is C19H19NO2. The van der Waals surface area contributed by atoms with Crippen LogP contribution in [0.3, 0.4) is 0 Å². The molecule has 0 amide bonds. The van der Waals surface area contributed by atoms with Gasteiger partial charge >= 0.3 is 0 Å². The number of aryl methyl sites for hydroxylation is 2. The van der Waals surface area contributed by atoms with E-state index in [0.717, 1.165) is 11.3 Å². The molecule has 0 saturated heterocycles. The van der Waals surface area contributed by atoms with Gasteiger partial charge in [-0.2, -0.15) is 0 Å². The molecule has 2 aromatic rings. The number of hydrogen-bond donors (Lipinski definition) is 0. The van der Waals surface area contributed by atoms with Crippen LogP contribution in [0.2, 0.25) is 0 Å². The van der Waals surface area contributed by atoms with E-state index in [0.29, 0.717) is 11.5 Å². The summed E-state index contributed by atoms with van der Waals surface area (Å²) in [6.07, 6.45) is 7.00. The quantitative estimate of drug-likeness (QED) is 0.614. The Hall–Kier alpha value is -2.73. The van der Waals surface area contributed by atoms with Crippen molar-refractivity contribution in [3.8, 4) is 23.8 Å². The molecule has 0 N–H and O–H groups in total. The summed E-state index contributed by atoms with van der Waals surface area (Å²) >= 11 is 0. The molecule has 0 bridgehead atoms. The predicted octanol–water partition coefficient (Wildman–Crippen LogP) is 4.07. The number of aliphatic imine (C=N–C) groups is 1. The van der Waals surface area contributed by atoms with E-state index in [2.05, 4.69) is 36.9 Å². The highest BCUT2D eigenvalue weighted by molar-refractivity contribution is 5.83. The zero-order valence-corrected chi connectivity index (χ0v) is 13.1. The third-order valence-electron chi connectivity index (χ3n) is 3.35. The van der Waals surface area contributed by atoms with Crippen molar-refractivity contribution in [3.63, 3.8) is 0 Å². The minimum atomic E-state index is 0.215. The normalized spacial score (nSPS) is 10.5. The van der Waals surface area contributed by atoms with E-state index in [1.807, 2.05) is 24.3 Å². The summed E-state index contributed by atoms with van der Waals surface area (Å²) in [6.45, 7) is 4.38. The lowest BCUT2D eigenvalue weighted by Gasteiger charge is -2.09. The largest absolute Gasteiger partial charge is 0.493 e. The molecule has 0 radical (unpaired) electrons. The van der Waals surface area contributed by atoms with Crippen molar-refractivity contribution < 1.29 is 9.47 Å². The summed E-state index contributed by atoms with van der Waals surface area (Å²) in [5, 5.41) is 0. The Morgan fingerprint density at radius 1 is 1.09 bits per heavy atom. The van der Waals surface area contributed by atoms with E-state index < -0.39 is 0 Å². The molecule has 0 aliphatic heterocycles. The number of rotatable bonds is 5. The van der Waals surface area contributed by atoms with Crippen LogP contribution >= 0.6 is 0 Å². The maximum atomic E-state index is 5.42. The van der Waals surface area contributed by atoms with Gasteiger partial charge in [0, 0.05) is 6.21 Å². The van der Waals surface area contributed by atoms with E-state index >= 15 is 0 Å². The third-order valence-corrected chi connectivity index (χ3v) is 3.35. The minimum Gasteiger partial charge on any atom is -0.493 e. The minimum absolute atomic E-state index is 0.215. The fourth-order valence-electron chi connectivity index (χ4n) is 1.96. The zero-order valence-electron chi connectivity index (χ0n) is 13.1. The lowest BCUT2D eigenvalue weighted by Crippen LogP contribution is -1.97. The van der Waals surface area contributed by atoms with Crippen molar-refractivity contribution in [1.29, 1.82) is 0 Å². The molecule has 0 spiro atoms. The maximum absolute atomic E-state index is 5.42. The second-order valence-electron chi connectivity index (χ2n) is 4.93. The molecule has 22 heavy (non-hydrogen) atoms. The topological polar surface area (TPSA) is 30.8 Å². The van der Waals surface area contributed by atoms with Crippen LogP contribution in [0.1, 0.15) is 16.7 Å². The average Bonchev–Trinajstić information content (AvgIpc) is 2.54. The third kappa shape index (κ3) is 3.89. The predicted molar refractivity (Wildman–Crippen MR) is 90.5 cm³/mol. The van der Waals surface area contributed by atoms with Gasteiger partial charge in [0.2, 0.25) is 0 Å². The SMILES string of the molecule is C#CCOc1ccc(C=Nc2ccc(C)c(C)c2)cc1OC. The molecule has 0 heterocycles. The van der Waals surface area contributed by atoms with Crippen LogP contribution in [0.5, 0.6) is 11.5 Å². The van der Waals surface area contributed by atoms with Crippen LogP contribution in [-0.2, 0) is 0 Å². The standard InChI is InChI=1S/C19H19NO2/c1-5-10-22-18-9-7-16(12-19(18)21-4)13-20-17-8-6-14(2)15(3)11-17/h1,6-9,11-13H,10H2,2-4H3. The van der Waals surface area contributed by atoms with Gasteiger partial charge in [0.05, 0.1) is 12.8 Å². The second kappa shape index (κ2) is 7.33. The van der Waals surface area contributed by atoms with Gasteiger partial charge in [-0.3, -0.25) is 4.99 Å². The van der Waals surface area contributed by atoms with Crippen molar-refractivity contribution in [2.45, 2.75) is 13.8 Å². The molecule has 112 valence electrons. The van der Waals surface area contributed by atoms with E-state index in [1.165, 1.54) is 11.1 Å². The molecule has 3 nitrogen and oxygen atoms in total. The Bertz CT molecular complexity index is 727. The number of ether oxygens (including phenoxy) is 2. The molecule has 0 aromatic heterocycles. The van der Waals surface area contributed by atoms with Crippen molar-refractivity contribution >= 4 is 11.9 Å². The summed E-state index contributed by atoms with van der Waals surface area (Å²) in [6, 6.07) is 11.8. The van der Waals surface area contributed by atoms with Crippen LogP contribution in [0.25, 0.3) is 0 Å². The van der Waals surface area contributed by atoms with Crippen LogP contribution in [0, 0.1) is 26.2 Å². The lowest BCUT2D eigenvalue weighted by atomic mass is 10.1. The Labute approximate surface area is 131 Å². The van der Waals surface area contributed by atoms with Gasteiger partial charge in [0.25, 0.3) is 0 Å². The number of benzene rings is 2. The summed E-state index contributed by atoms with van der Waals surface area (Å²) in [7, 11) is 1.60.